The molecule has 6 heteroatoms. The molecule has 0 spiro atoms. The molecule has 2 fully saturated rings. The Morgan fingerprint density at radius 1 is 1.56 bits per heavy atom. The van der Waals surface area contributed by atoms with Gasteiger partial charge in [-0.2, -0.15) is 4.98 Å². The van der Waals surface area contributed by atoms with Crippen molar-refractivity contribution in [2.75, 3.05) is 13.7 Å². The lowest BCUT2D eigenvalue weighted by atomic mass is 10.1. The molecule has 2 aliphatic rings. The number of nitrogens with zero attached hydrogens (tertiary/aromatic N) is 2. The highest BCUT2D eigenvalue weighted by atomic mass is 16.5. The lowest BCUT2D eigenvalue weighted by Crippen LogP contribution is -2.22. The third-order valence-electron chi connectivity index (χ3n) is 3.64. The first-order valence-corrected chi connectivity index (χ1v) is 6.28. The zero-order chi connectivity index (χ0) is 12.6. The van der Waals surface area contributed by atoms with Gasteiger partial charge in [0, 0.05) is 13.0 Å². The van der Waals surface area contributed by atoms with Crippen LogP contribution in [0.5, 0.6) is 0 Å². The van der Waals surface area contributed by atoms with E-state index in [9.17, 15) is 4.79 Å². The van der Waals surface area contributed by atoms with Gasteiger partial charge in [0.25, 0.3) is 0 Å². The highest BCUT2D eigenvalue weighted by Gasteiger charge is 2.57. The maximum absolute atomic E-state index is 11.7. The maximum atomic E-state index is 11.7. The first-order valence-electron chi connectivity index (χ1n) is 6.28. The molecule has 0 amide bonds. The molecule has 18 heavy (non-hydrogen) atoms. The average molecular weight is 252 g/mol. The molecule has 2 heterocycles. The predicted octanol–water partition coefficient (Wildman–Crippen LogP) is 0.996. The van der Waals surface area contributed by atoms with Crippen LogP contribution < -0.4 is 0 Å². The van der Waals surface area contributed by atoms with Crippen LogP contribution in [0.3, 0.4) is 0 Å². The number of methoxy groups -OCH3 is 1. The summed E-state index contributed by atoms with van der Waals surface area (Å²) in [6.45, 7) is 0.807. The molecule has 3 rings (SSSR count). The molecule has 1 aromatic heterocycles. The number of ether oxygens (including phenoxy) is 2. The van der Waals surface area contributed by atoms with Gasteiger partial charge >= 0.3 is 5.97 Å². The largest absolute Gasteiger partial charge is 0.468 e. The third-order valence-corrected chi connectivity index (χ3v) is 3.64. The second-order valence-electron chi connectivity index (χ2n) is 4.93. The minimum Gasteiger partial charge on any atom is -0.468 e. The van der Waals surface area contributed by atoms with Crippen LogP contribution in [-0.2, 0) is 26.1 Å². The summed E-state index contributed by atoms with van der Waals surface area (Å²) in [7, 11) is 1.38. The van der Waals surface area contributed by atoms with Crippen molar-refractivity contribution >= 4 is 5.97 Å². The standard InChI is InChI=1S/C12H16N2O4/c1-16-11(15)12(4-5-12)10-13-9(14-18-10)7-8-3-2-6-17-8/h8H,2-7H2,1H3. The van der Waals surface area contributed by atoms with Gasteiger partial charge in [-0.3, -0.25) is 4.79 Å². The van der Waals surface area contributed by atoms with E-state index in [2.05, 4.69) is 10.1 Å². The Balaban J connectivity index is 1.71. The Morgan fingerprint density at radius 2 is 2.39 bits per heavy atom. The van der Waals surface area contributed by atoms with E-state index < -0.39 is 5.41 Å². The van der Waals surface area contributed by atoms with Crippen LogP contribution in [0.4, 0.5) is 0 Å². The van der Waals surface area contributed by atoms with Crippen molar-refractivity contribution < 1.29 is 18.8 Å². The van der Waals surface area contributed by atoms with Crippen molar-refractivity contribution in [3.63, 3.8) is 0 Å². The minimum absolute atomic E-state index is 0.184. The molecule has 1 saturated heterocycles. The Morgan fingerprint density at radius 3 is 3.00 bits per heavy atom. The van der Waals surface area contributed by atoms with E-state index in [1.807, 2.05) is 0 Å². The quantitative estimate of drug-likeness (QED) is 0.744. The summed E-state index contributed by atoms with van der Waals surface area (Å²) < 4.78 is 15.5. The molecular formula is C12H16N2O4. The number of carbonyl (C=O) groups is 1. The maximum Gasteiger partial charge on any atom is 0.321 e. The van der Waals surface area contributed by atoms with Crippen molar-refractivity contribution in [2.45, 2.75) is 43.6 Å². The number of rotatable bonds is 4. The van der Waals surface area contributed by atoms with Gasteiger partial charge in [-0.1, -0.05) is 5.16 Å². The molecule has 1 aromatic rings. The Hall–Kier alpha value is -1.43. The molecule has 0 aromatic carbocycles. The highest BCUT2D eigenvalue weighted by Crippen LogP contribution is 2.48. The second kappa shape index (κ2) is 4.35. The lowest BCUT2D eigenvalue weighted by Gasteiger charge is -2.06. The van der Waals surface area contributed by atoms with E-state index in [1.54, 1.807) is 0 Å². The highest BCUT2D eigenvalue weighted by molar-refractivity contribution is 5.85. The summed E-state index contributed by atoms with van der Waals surface area (Å²) in [6, 6.07) is 0. The number of aromatic nitrogens is 2. The number of hydrogen-bond acceptors (Lipinski definition) is 6. The molecule has 0 N–H and O–H groups in total. The summed E-state index contributed by atoms with van der Waals surface area (Å²) in [5.74, 6) is 0.726. The van der Waals surface area contributed by atoms with Gasteiger partial charge in [-0.15, -0.1) is 0 Å². The van der Waals surface area contributed by atoms with E-state index in [-0.39, 0.29) is 12.1 Å². The van der Waals surface area contributed by atoms with Gasteiger partial charge in [0.2, 0.25) is 5.89 Å². The molecule has 1 atom stereocenters. The average Bonchev–Trinajstić information content (AvgIpc) is 2.82. The fourth-order valence-corrected chi connectivity index (χ4v) is 2.37. The molecule has 0 radical (unpaired) electrons. The van der Waals surface area contributed by atoms with Gasteiger partial charge in [0.15, 0.2) is 5.82 Å². The molecule has 0 bridgehead atoms. The molecule has 1 aliphatic heterocycles. The SMILES string of the molecule is COC(=O)C1(c2nc(CC3CCCO3)no2)CC1. The fraction of sp³-hybridized carbons (Fsp3) is 0.750. The topological polar surface area (TPSA) is 74.5 Å². The van der Waals surface area contributed by atoms with Crippen LogP contribution >= 0.6 is 0 Å². The van der Waals surface area contributed by atoms with Crippen LogP contribution in [0.2, 0.25) is 0 Å². The van der Waals surface area contributed by atoms with Gasteiger partial charge in [0.1, 0.15) is 5.41 Å². The third kappa shape index (κ3) is 1.90. The first kappa shape index (κ1) is 11.6. The monoisotopic (exact) mass is 252 g/mol. The second-order valence-corrected chi connectivity index (χ2v) is 4.93. The van der Waals surface area contributed by atoms with Gasteiger partial charge in [0.05, 0.1) is 13.2 Å². The first-order chi connectivity index (χ1) is 8.74. The van der Waals surface area contributed by atoms with Gasteiger partial charge < -0.3 is 14.0 Å². The van der Waals surface area contributed by atoms with E-state index in [4.69, 9.17) is 14.0 Å². The molecule has 1 unspecified atom stereocenters. The van der Waals surface area contributed by atoms with Crippen molar-refractivity contribution in [3.05, 3.63) is 11.7 Å². The Labute approximate surface area is 105 Å². The van der Waals surface area contributed by atoms with Crippen molar-refractivity contribution in [1.82, 2.24) is 10.1 Å². The van der Waals surface area contributed by atoms with Gasteiger partial charge in [-0.05, 0) is 25.7 Å². The molecule has 6 nitrogen and oxygen atoms in total. The fourth-order valence-electron chi connectivity index (χ4n) is 2.37. The van der Waals surface area contributed by atoms with E-state index >= 15 is 0 Å². The number of esters is 1. The molecule has 98 valence electrons. The van der Waals surface area contributed by atoms with Crippen molar-refractivity contribution in [3.8, 4) is 0 Å². The summed E-state index contributed by atoms with van der Waals surface area (Å²) in [6.07, 6.45) is 4.40. The van der Waals surface area contributed by atoms with Crippen LogP contribution in [0.1, 0.15) is 37.4 Å². The normalized spacial score (nSPS) is 25.1. The smallest absolute Gasteiger partial charge is 0.321 e. The van der Waals surface area contributed by atoms with Crippen LogP contribution in [0, 0.1) is 0 Å². The lowest BCUT2D eigenvalue weighted by molar-refractivity contribution is -0.144. The predicted molar refractivity (Wildman–Crippen MR) is 59.9 cm³/mol. The van der Waals surface area contributed by atoms with Gasteiger partial charge in [-0.25, -0.2) is 0 Å². The van der Waals surface area contributed by atoms with Crippen LogP contribution in [-0.4, -0.2) is 35.9 Å². The summed E-state index contributed by atoms with van der Waals surface area (Å²) in [4.78, 5) is 16.0. The van der Waals surface area contributed by atoms with Crippen LogP contribution in [0.15, 0.2) is 4.52 Å². The Kier molecular flexibility index (Phi) is 2.81. The summed E-state index contributed by atoms with van der Waals surface area (Å²) >= 11 is 0. The molecule has 1 saturated carbocycles. The minimum atomic E-state index is -0.670. The Bertz CT molecular complexity index is 447. The number of carbonyl (C=O) groups excluding carboxylic acids is 1. The zero-order valence-corrected chi connectivity index (χ0v) is 10.3. The van der Waals surface area contributed by atoms with E-state index in [0.29, 0.717) is 18.1 Å². The zero-order valence-electron chi connectivity index (χ0n) is 10.3. The van der Waals surface area contributed by atoms with Crippen molar-refractivity contribution in [2.24, 2.45) is 0 Å². The van der Waals surface area contributed by atoms with Crippen molar-refractivity contribution in [1.29, 1.82) is 0 Å². The van der Waals surface area contributed by atoms with Crippen LogP contribution in [0.25, 0.3) is 0 Å². The molecule has 1 aliphatic carbocycles. The molecular weight excluding hydrogens is 236 g/mol. The van der Waals surface area contributed by atoms with E-state index in [1.165, 1.54) is 7.11 Å². The van der Waals surface area contributed by atoms with E-state index in [0.717, 1.165) is 32.3 Å². The number of hydrogen-bond donors (Lipinski definition) is 0. The summed E-state index contributed by atoms with van der Waals surface area (Å²) in [5, 5.41) is 3.93. The summed E-state index contributed by atoms with van der Waals surface area (Å²) in [5.41, 5.74) is -0.670.